The van der Waals surface area contributed by atoms with Crippen LogP contribution in [0.25, 0.3) is 10.2 Å². The molecule has 4 atom stereocenters. The van der Waals surface area contributed by atoms with Crippen LogP contribution in [0.2, 0.25) is 5.02 Å². The van der Waals surface area contributed by atoms with Crippen molar-refractivity contribution >= 4 is 45.0 Å². The Balaban J connectivity index is 1.46. The van der Waals surface area contributed by atoms with E-state index >= 15 is 0 Å². The van der Waals surface area contributed by atoms with E-state index in [0.717, 1.165) is 28.6 Å². The maximum atomic E-state index is 13.9. The summed E-state index contributed by atoms with van der Waals surface area (Å²) in [5.41, 5.74) is 1.83. The lowest BCUT2D eigenvalue weighted by molar-refractivity contribution is -0.134. The zero-order valence-electron chi connectivity index (χ0n) is 20.0. The van der Waals surface area contributed by atoms with Gasteiger partial charge in [0.25, 0.3) is 5.91 Å². The van der Waals surface area contributed by atoms with Gasteiger partial charge in [-0.15, -0.1) is 11.3 Å². The van der Waals surface area contributed by atoms with Crippen molar-refractivity contribution in [1.29, 1.82) is 0 Å². The second-order valence-corrected chi connectivity index (χ2v) is 11.6. The van der Waals surface area contributed by atoms with Crippen LogP contribution in [0, 0.1) is 11.8 Å². The minimum absolute atomic E-state index is 0.0503. The summed E-state index contributed by atoms with van der Waals surface area (Å²) in [4.78, 5) is 29.5. The molecule has 5 rings (SSSR count). The fraction of sp³-hybridized carbons (Fsp3) is 0.481. The molecule has 180 valence electrons. The van der Waals surface area contributed by atoms with Crippen molar-refractivity contribution < 1.29 is 9.59 Å². The van der Waals surface area contributed by atoms with Crippen molar-refractivity contribution in [3.8, 4) is 0 Å². The Morgan fingerprint density at radius 1 is 1.21 bits per heavy atom. The van der Waals surface area contributed by atoms with Gasteiger partial charge >= 0.3 is 0 Å². The lowest BCUT2D eigenvalue weighted by Gasteiger charge is -2.45. The summed E-state index contributed by atoms with van der Waals surface area (Å²) in [6.45, 7) is 7.37. The number of halogens is 1. The summed E-state index contributed by atoms with van der Waals surface area (Å²) < 4.78 is 3.12. The third-order valence-electron chi connectivity index (χ3n) is 8.10. The molecule has 0 unspecified atom stereocenters. The topological polar surface area (TPSA) is 54.3 Å². The molecule has 1 aromatic carbocycles. The molecule has 34 heavy (non-hydrogen) atoms. The summed E-state index contributed by atoms with van der Waals surface area (Å²) >= 11 is 7.68. The molecule has 0 bridgehead atoms. The fourth-order valence-electron chi connectivity index (χ4n) is 5.62. The molecular formula is C27H32ClN3O2S. The van der Waals surface area contributed by atoms with Crippen molar-refractivity contribution in [2.75, 3.05) is 6.54 Å². The predicted molar refractivity (Wildman–Crippen MR) is 139 cm³/mol. The molecular weight excluding hydrogens is 466 g/mol. The maximum Gasteiger partial charge on any atom is 0.271 e. The lowest BCUT2D eigenvalue weighted by Crippen LogP contribution is -2.65. The minimum atomic E-state index is -0.967. The first-order valence-corrected chi connectivity index (χ1v) is 13.5. The molecule has 7 heteroatoms. The van der Waals surface area contributed by atoms with E-state index in [4.69, 9.17) is 11.6 Å². The Kier molecular flexibility index (Phi) is 6.23. The SMILES string of the molecule is C[C@@H]1[C@H](C)CCC[C@@H]1NC(=O)[C@@]1(C)Cn2c(cc3sccc32)C(=O)N1CCc1ccc(Cl)cc1. The highest BCUT2D eigenvalue weighted by Crippen LogP contribution is 2.36. The van der Waals surface area contributed by atoms with Crippen molar-refractivity contribution in [2.45, 2.75) is 64.6 Å². The van der Waals surface area contributed by atoms with Crippen LogP contribution >= 0.6 is 22.9 Å². The highest BCUT2D eigenvalue weighted by atomic mass is 35.5. The number of hydrogen-bond acceptors (Lipinski definition) is 3. The summed E-state index contributed by atoms with van der Waals surface area (Å²) in [7, 11) is 0. The van der Waals surface area contributed by atoms with Gasteiger partial charge in [-0.25, -0.2) is 0 Å². The molecule has 3 aromatic rings. The van der Waals surface area contributed by atoms with E-state index in [1.54, 1.807) is 16.2 Å². The van der Waals surface area contributed by atoms with Crippen LogP contribution in [-0.4, -0.2) is 39.4 Å². The summed E-state index contributed by atoms with van der Waals surface area (Å²) in [5, 5.41) is 6.10. The maximum absolute atomic E-state index is 13.9. The molecule has 0 spiro atoms. The van der Waals surface area contributed by atoms with E-state index < -0.39 is 5.54 Å². The van der Waals surface area contributed by atoms with Crippen molar-refractivity contribution in [2.24, 2.45) is 11.8 Å². The second-order valence-electron chi connectivity index (χ2n) is 10.2. The van der Waals surface area contributed by atoms with Crippen molar-refractivity contribution in [3.05, 3.63) is 58.1 Å². The number of rotatable bonds is 5. The van der Waals surface area contributed by atoms with Gasteiger partial charge < -0.3 is 14.8 Å². The lowest BCUT2D eigenvalue weighted by atomic mass is 9.77. The van der Waals surface area contributed by atoms with E-state index in [9.17, 15) is 9.59 Å². The standard InChI is InChI=1S/C27H32ClN3O2S/c1-17-5-4-6-21(18(17)2)29-26(33)27(3)16-30-22-12-14-34-24(22)15-23(30)25(32)31(27)13-11-19-7-9-20(28)10-8-19/h7-10,12,14-15,17-18,21H,4-6,11,13,16H2,1-3H3,(H,29,33)/t17-,18-,21+,27-/m1/s1. The molecule has 3 heterocycles. The number of hydrogen-bond donors (Lipinski definition) is 1. The Morgan fingerprint density at radius 3 is 2.74 bits per heavy atom. The van der Waals surface area contributed by atoms with Gasteiger partial charge in [0.2, 0.25) is 5.91 Å². The molecule has 0 saturated heterocycles. The number of amides is 2. The Hall–Kier alpha value is -2.31. The van der Waals surface area contributed by atoms with Crippen LogP contribution in [-0.2, 0) is 17.8 Å². The second kappa shape index (κ2) is 9.04. The summed E-state index contributed by atoms with van der Waals surface area (Å²) in [6.07, 6.45) is 4.00. The van der Waals surface area contributed by atoms with E-state index in [2.05, 4.69) is 19.2 Å². The van der Waals surface area contributed by atoms with E-state index in [1.807, 2.05) is 53.3 Å². The highest BCUT2D eigenvalue weighted by molar-refractivity contribution is 7.17. The predicted octanol–water partition coefficient (Wildman–Crippen LogP) is 5.75. The molecule has 2 aromatic heterocycles. The molecule has 1 aliphatic carbocycles. The molecule has 0 radical (unpaired) electrons. The number of nitrogens with one attached hydrogen (secondary N) is 1. The number of benzene rings is 1. The quantitative estimate of drug-likeness (QED) is 0.487. The first-order valence-electron chi connectivity index (χ1n) is 12.2. The van der Waals surface area contributed by atoms with E-state index in [0.29, 0.717) is 42.1 Å². The van der Waals surface area contributed by atoms with Crippen LogP contribution in [0.4, 0.5) is 0 Å². The van der Waals surface area contributed by atoms with E-state index in [-0.39, 0.29) is 17.9 Å². The summed E-state index contributed by atoms with van der Waals surface area (Å²) in [5.74, 6) is 0.883. The number of nitrogens with zero attached hydrogens (tertiary/aromatic N) is 2. The van der Waals surface area contributed by atoms with Gasteiger partial charge in [-0.3, -0.25) is 9.59 Å². The van der Waals surface area contributed by atoms with Gasteiger partial charge in [0.15, 0.2) is 0 Å². The van der Waals surface area contributed by atoms with Gasteiger partial charge in [0, 0.05) is 17.6 Å². The third kappa shape index (κ3) is 4.05. The first kappa shape index (κ1) is 23.4. The van der Waals surface area contributed by atoms with Crippen LogP contribution in [0.1, 0.15) is 56.1 Å². The first-order chi connectivity index (χ1) is 16.3. The van der Waals surface area contributed by atoms with Crippen LogP contribution < -0.4 is 5.32 Å². The smallest absolute Gasteiger partial charge is 0.271 e. The van der Waals surface area contributed by atoms with Gasteiger partial charge in [0.05, 0.1) is 16.8 Å². The Bertz CT molecular complexity index is 1220. The van der Waals surface area contributed by atoms with Crippen LogP contribution in [0.15, 0.2) is 41.8 Å². The van der Waals surface area contributed by atoms with Gasteiger partial charge in [-0.05, 0) is 66.8 Å². The normalized spacial score (nSPS) is 27.1. The Morgan fingerprint density at radius 2 is 1.97 bits per heavy atom. The molecule has 1 saturated carbocycles. The highest BCUT2D eigenvalue weighted by Gasteiger charge is 2.48. The number of aromatic nitrogens is 1. The van der Waals surface area contributed by atoms with Crippen molar-refractivity contribution in [3.63, 3.8) is 0 Å². The monoisotopic (exact) mass is 497 g/mol. The molecule has 2 amide bonds. The fourth-order valence-corrected chi connectivity index (χ4v) is 6.57. The summed E-state index contributed by atoms with van der Waals surface area (Å²) in [6, 6.07) is 11.9. The molecule has 1 aliphatic heterocycles. The average Bonchev–Trinajstić information content (AvgIpc) is 3.40. The largest absolute Gasteiger partial charge is 0.351 e. The average molecular weight is 498 g/mol. The number of fused-ring (bicyclic) bond motifs is 3. The van der Waals surface area contributed by atoms with Gasteiger partial charge in [-0.2, -0.15) is 0 Å². The van der Waals surface area contributed by atoms with Gasteiger partial charge in [0.1, 0.15) is 11.2 Å². The van der Waals surface area contributed by atoms with E-state index in [1.165, 1.54) is 6.42 Å². The van der Waals surface area contributed by atoms with Gasteiger partial charge in [-0.1, -0.05) is 50.4 Å². The number of carbonyl (C=O) groups excluding carboxylic acids is 2. The molecule has 1 N–H and O–H groups in total. The van der Waals surface area contributed by atoms with Crippen molar-refractivity contribution in [1.82, 2.24) is 14.8 Å². The number of carbonyl (C=O) groups is 2. The zero-order chi connectivity index (χ0) is 24.0. The minimum Gasteiger partial charge on any atom is -0.351 e. The molecule has 1 fully saturated rings. The zero-order valence-corrected chi connectivity index (χ0v) is 21.6. The van der Waals surface area contributed by atoms with Crippen LogP contribution in [0.5, 0.6) is 0 Å². The number of thiophene rings is 1. The Labute approximate surface area is 210 Å². The molecule has 2 aliphatic rings. The third-order valence-corrected chi connectivity index (χ3v) is 9.20. The van der Waals surface area contributed by atoms with Crippen LogP contribution in [0.3, 0.4) is 0 Å². The molecule has 5 nitrogen and oxygen atoms in total.